The van der Waals surface area contributed by atoms with Crippen LogP contribution in [0.15, 0.2) is 60.7 Å². The molecule has 0 bridgehead atoms. The van der Waals surface area contributed by atoms with Gasteiger partial charge in [-0.05, 0) is 35.7 Å². The molecule has 5 nitrogen and oxygen atoms in total. The molecule has 1 amide bonds. The first-order chi connectivity index (χ1) is 14.0. The van der Waals surface area contributed by atoms with Crippen LogP contribution in [0.4, 0.5) is 0 Å². The van der Waals surface area contributed by atoms with Crippen LogP contribution in [0.1, 0.15) is 21.5 Å². The van der Waals surface area contributed by atoms with Gasteiger partial charge in [0, 0.05) is 12.1 Å². The van der Waals surface area contributed by atoms with Crippen LogP contribution in [0.3, 0.4) is 0 Å². The average molecular weight is 391 g/mol. The van der Waals surface area contributed by atoms with Crippen LogP contribution in [0.2, 0.25) is 0 Å². The molecular formula is C24H25NO4. The zero-order chi connectivity index (χ0) is 20.8. The minimum atomic E-state index is -0.216. The van der Waals surface area contributed by atoms with Crippen molar-refractivity contribution in [3.8, 4) is 28.4 Å². The maximum Gasteiger partial charge on any atom is 0.251 e. The van der Waals surface area contributed by atoms with Crippen LogP contribution in [-0.2, 0) is 6.54 Å². The molecule has 0 aromatic heterocycles. The van der Waals surface area contributed by atoms with Crippen LogP contribution in [-0.4, -0.2) is 27.2 Å². The number of hydrogen-bond donors (Lipinski definition) is 1. The van der Waals surface area contributed by atoms with Gasteiger partial charge >= 0.3 is 0 Å². The predicted octanol–water partition coefficient (Wildman–Crippen LogP) is 4.62. The number of carbonyl (C=O) groups is 1. The number of benzene rings is 3. The van der Waals surface area contributed by atoms with Crippen LogP contribution in [0.25, 0.3) is 11.1 Å². The average Bonchev–Trinajstić information content (AvgIpc) is 2.76. The normalized spacial score (nSPS) is 10.3. The lowest BCUT2D eigenvalue weighted by Crippen LogP contribution is -2.22. The summed E-state index contributed by atoms with van der Waals surface area (Å²) in [7, 11) is 4.57. The summed E-state index contributed by atoms with van der Waals surface area (Å²) in [4.78, 5) is 12.6. The van der Waals surface area contributed by atoms with E-state index in [1.54, 1.807) is 12.1 Å². The van der Waals surface area contributed by atoms with Crippen molar-refractivity contribution in [2.45, 2.75) is 13.5 Å². The van der Waals surface area contributed by atoms with Gasteiger partial charge in [-0.15, -0.1) is 0 Å². The topological polar surface area (TPSA) is 56.8 Å². The molecule has 3 aromatic rings. The van der Waals surface area contributed by atoms with Gasteiger partial charge in [0.2, 0.25) is 5.75 Å². The van der Waals surface area contributed by atoms with Gasteiger partial charge in [0.1, 0.15) is 0 Å². The van der Waals surface area contributed by atoms with Gasteiger partial charge in [0.15, 0.2) is 11.5 Å². The first-order valence-electron chi connectivity index (χ1n) is 9.30. The fourth-order valence-corrected chi connectivity index (χ4v) is 3.14. The van der Waals surface area contributed by atoms with Gasteiger partial charge in [-0.3, -0.25) is 4.79 Å². The third-order valence-corrected chi connectivity index (χ3v) is 4.69. The molecule has 5 heteroatoms. The van der Waals surface area contributed by atoms with Crippen LogP contribution in [0.5, 0.6) is 17.2 Å². The molecule has 0 aliphatic rings. The number of ether oxygens (including phenoxy) is 3. The molecule has 0 unspecified atom stereocenters. The van der Waals surface area contributed by atoms with E-state index in [1.807, 2.05) is 12.1 Å². The Balaban J connectivity index is 1.71. The molecule has 0 aliphatic heterocycles. The van der Waals surface area contributed by atoms with Crippen LogP contribution < -0.4 is 19.5 Å². The summed E-state index contributed by atoms with van der Waals surface area (Å²) >= 11 is 0. The van der Waals surface area contributed by atoms with E-state index >= 15 is 0 Å². The maximum atomic E-state index is 12.6. The molecule has 0 fully saturated rings. The fraction of sp³-hybridized carbons (Fsp3) is 0.208. The van der Waals surface area contributed by atoms with Gasteiger partial charge in [0.25, 0.3) is 5.91 Å². The third-order valence-electron chi connectivity index (χ3n) is 4.69. The van der Waals surface area contributed by atoms with Crippen molar-refractivity contribution >= 4 is 5.91 Å². The first-order valence-corrected chi connectivity index (χ1v) is 9.30. The van der Waals surface area contributed by atoms with Crippen molar-refractivity contribution in [2.24, 2.45) is 0 Å². The largest absolute Gasteiger partial charge is 0.493 e. The van der Waals surface area contributed by atoms with Gasteiger partial charge in [0.05, 0.1) is 21.3 Å². The summed E-state index contributed by atoms with van der Waals surface area (Å²) in [6, 6.07) is 19.8. The Kier molecular flexibility index (Phi) is 6.39. The number of carbonyl (C=O) groups excluding carboxylic acids is 1. The summed E-state index contributed by atoms with van der Waals surface area (Å²) in [6.07, 6.45) is 0. The van der Waals surface area contributed by atoms with Crippen molar-refractivity contribution in [3.05, 3.63) is 77.4 Å². The minimum Gasteiger partial charge on any atom is -0.493 e. The fourth-order valence-electron chi connectivity index (χ4n) is 3.14. The van der Waals surface area contributed by atoms with E-state index in [-0.39, 0.29) is 5.91 Å². The van der Waals surface area contributed by atoms with E-state index in [1.165, 1.54) is 32.5 Å². The minimum absolute atomic E-state index is 0.216. The summed E-state index contributed by atoms with van der Waals surface area (Å²) in [6.45, 7) is 2.50. The molecule has 0 spiro atoms. The summed E-state index contributed by atoms with van der Waals surface area (Å²) in [5.41, 5.74) is 5.01. The molecule has 0 saturated carbocycles. The SMILES string of the molecule is COc1cc(C(=O)NCc2ccc(-c3cccc(C)c3)cc2)cc(OC)c1OC. The van der Waals surface area contributed by atoms with Gasteiger partial charge in [-0.25, -0.2) is 0 Å². The Bertz CT molecular complexity index is 971. The Morgan fingerprint density at radius 2 is 1.48 bits per heavy atom. The van der Waals surface area contributed by atoms with E-state index in [9.17, 15) is 4.79 Å². The van der Waals surface area contributed by atoms with Gasteiger partial charge in [-0.1, -0.05) is 54.1 Å². The molecule has 0 atom stereocenters. The molecule has 3 aromatic carbocycles. The number of nitrogens with one attached hydrogen (secondary N) is 1. The van der Waals surface area contributed by atoms with Crippen molar-refractivity contribution in [1.29, 1.82) is 0 Å². The molecule has 1 N–H and O–H groups in total. The van der Waals surface area contributed by atoms with Crippen molar-refractivity contribution < 1.29 is 19.0 Å². The Hall–Kier alpha value is -3.47. The summed E-state index contributed by atoms with van der Waals surface area (Å²) < 4.78 is 15.9. The number of rotatable bonds is 7. The van der Waals surface area contributed by atoms with Crippen LogP contribution >= 0.6 is 0 Å². The molecule has 3 rings (SSSR count). The molecule has 29 heavy (non-hydrogen) atoms. The lowest BCUT2D eigenvalue weighted by atomic mass is 10.0. The first kappa shape index (κ1) is 20.3. The Morgan fingerprint density at radius 1 is 0.828 bits per heavy atom. The third kappa shape index (κ3) is 4.69. The monoisotopic (exact) mass is 391 g/mol. The van der Waals surface area contributed by atoms with E-state index in [2.05, 4.69) is 48.6 Å². The van der Waals surface area contributed by atoms with Crippen molar-refractivity contribution in [3.63, 3.8) is 0 Å². The molecule has 0 heterocycles. The highest BCUT2D eigenvalue weighted by atomic mass is 16.5. The second kappa shape index (κ2) is 9.15. The maximum absolute atomic E-state index is 12.6. The van der Waals surface area contributed by atoms with Crippen LogP contribution in [0, 0.1) is 6.92 Å². The zero-order valence-electron chi connectivity index (χ0n) is 17.1. The zero-order valence-corrected chi connectivity index (χ0v) is 17.1. The summed E-state index contributed by atoms with van der Waals surface area (Å²) in [5.74, 6) is 1.13. The predicted molar refractivity (Wildman–Crippen MR) is 114 cm³/mol. The lowest BCUT2D eigenvalue weighted by molar-refractivity contribution is 0.0950. The van der Waals surface area contributed by atoms with Crippen molar-refractivity contribution in [2.75, 3.05) is 21.3 Å². The smallest absolute Gasteiger partial charge is 0.251 e. The number of hydrogen-bond acceptors (Lipinski definition) is 4. The molecule has 0 aliphatic carbocycles. The standard InChI is InChI=1S/C24H25NO4/c1-16-6-5-7-19(12-16)18-10-8-17(9-11-18)15-25-24(26)20-13-21(27-2)23(29-4)22(14-20)28-3/h5-14H,15H2,1-4H3,(H,25,26). The quantitative estimate of drug-likeness (QED) is 0.639. The Labute approximate surface area is 171 Å². The van der Waals surface area contributed by atoms with E-state index in [4.69, 9.17) is 14.2 Å². The van der Waals surface area contributed by atoms with E-state index in [0.29, 0.717) is 29.4 Å². The molecule has 0 saturated heterocycles. The van der Waals surface area contributed by atoms with E-state index < -0.39 is 0 Å². The summed E-state index contributed by atoms with van der Waals surface area (Å²) in [5, 5.41) is 2.93. The van der Waals surface area contributed by atoms with E-state index in [0.717, 1.165) is 11.1 Å². The second-order valence-electron chi connectivity index (χ2n) is 6.66. The molecule has 0 radical (unpaired) electrons. The van der Waals surface area contributed by atoms with Gasteiger partial charge < -0.3 is 19.5 Å². The highest BCUT2D eigenvalue weighted by Crippen LogP contribution is 2.38. The molecule has 150 valence electrons. The van der Waals surface area contributed by atoms with Crippen molar-refractivity contribution in [1.82, 2.24) is 5.32 Å². The Morgan fingerprint density at radius 3 is 2.03 bits per heavy atom. The molecular weight excluding hydrogens is 366 g/mol. The lowest BCUT2D eigenvalue weighted by Gasteiger charge is -2.14. The number of methoxy groups -OCH3 is 3. The number of aryl methyl sites for hydroxylation is 1. The number of amides is 1. The highest BCUT2D eigenvalue weighted by molar-refractivity contribution is 5.95. The van der Waals surface area contributed by atoms with Gasteiger partial charge in [-0.2, -0.15) is 0 Å². The highest BCUT2D eigenvalue weighted by Gasteiger charge is 2.16. The second-order valence-corrected chi connectivity index (χ2v) is 6.66.